The summed E-state index contributed by atoms with van der Waals surface area (Å²) < 4.78 is 2.04. The van der Waals surface area contributed by atoms with Crippen molar-refractivity contribution >= 4 is 18.4 Å². The molecule has 0 aliphatic rings. The van der Waals surface area contributed by atoms with E-state index in [4.69, 9.17) is 18.4 Å². The van der Waals surface area contributed by atoms with Gasteiger partial charge in [0, 0.05) is 37.1 Å². The molecule has 1 radical (unpaired) electrons. The first-order chi connectivity index (χ1) is 7.16. The Balaban J connectivity index is 2.29. The van der Waals surface area contributed by atoms with Gasteiger partial charge in [-0.05, 0) is 24.8 Å². The molecular weight excluding hydrogens is 208 g/mol. The molecule has 5 heteroatoms. The molecular formula is C10H11N4S. The maximum Gasteiger partial charge on any atom is 0.221 e. The van der Waals surface area contributed by atoms with Crippen LogP contribution in [0.2, 0.25) is 0 Å². The largest absolute Gasteiger partial charge is 0.383 e. The number of nitrogens with two attached hydrogens (primary N) is 1. The molecule has 0 saturated carbocycles. The summed E-state index contributed by atoms with van der Waals surface area (Å²) >= 11 is 4.83. The number of nitrogen functional groups attached to an aromatic ring is 1. The van der Waals surface area contributed by atoms with E-state index in [9.17, 15) is 0 Å². The van der Waals surface area contributed by atoms with Crippen LogP contribution in [0.5, 0.6) is 0 Å². The van der Waals surface area contributed by atoms with E-state index in [1.54, 1.807) is 6.20 Å². The zero-order valence-electron chi connectivity index (χ0n) is 8.34. The maximum absolute atomic E-state index is 5.76. The van der Waals surface area contributed by atoms with Crippen LogP contribution in [-0.2, 0) is 13.5 Å². The molecule has 0 amide bonds. The topological polar surface area (TPSA) is 56.7 Å². The van der Waals surface area contributed by atoms with Gasteiger partial charge in [-0.3, -0.25) is 0 Å². The van der Waals surface area contributed by atoms with Crippen LogP contribution >= 0.6 is 12.6 Å². The van der Waals surface area contributed by atoms with E-state index in [-0.39, 0.29) is 0 Å². The van der Waals surface area contributed by atoms with Crippen LogP contribution in [0.15, 0.2) is 29.7 Å². The van der Waals surface area contributed by atoms with Gasteiger partial charge in [-0.25, -0.2) is 9.97 Å². The monoisotopic (exact) mass is 219 g/mol. The molecule has 77 valence electrons. The van der Waals surface area contributed by atoms with Gasteiger partial charge in [-0.15, -0.1) is 0 Å². The maximum atomic E-state index is 5.76. The highest BCUT2D eigenvalue weighted by atomic mass is 32.1. The van der Waals surface area contributed by atoms with Gasteiger partial charge in [0.2, 0.25) is 5.16 Å². The molecule has 0 unspecified atom stereocenters. The van der Waals surface area contributed by atoms with Crippen LogP contribution in [0.4, 0.5) is 5.82 Å². The Morgan fingerprint density at radius 2 is 2.33 bits per heavy atom. The van der Waals surface area contributed by atoms with Gasteiger partial charge < -0.3 is 10.3 Å². The number of aryl methyl sites for hydroxylation is 1. The lowest BCUT2D eigenvalue weighted by atomic mass is 10.2. The molecule has 4 nitrogen and oxygen atoms in total. The second-order valence-electron chi connectivity index (χ2n) is 3.35. The average Bonchev–Trinajstić information content (AvgIpc) is 2.57. The summed E-state index contributed by atoms with van der Waals surface area (Å²) in [7, 11) is 1.99. The van der Waals surface area contributed by atoms with Gasteiger partial charge >= 0.3 is 0 Å². The van der Waals surface area contributed by atoms with E-state index in [0.717, 1.165) is 12.0 Å². The van der Waals surface area contributed by atoms with Crippen molar-refractivity contribution in [3.63, 3.8) is 0 Å². The third kappa shape index (κ3) is 2.07. The van der Waals surface area contributed by atoms with Crippen molar-refractivity contribution in [1.82, 2.24) is 14.5 Å². The lowest BCUT2D eigenvalue weighted by Crippen LogP contribution is -2.03. The van der Waals surface area contributed by atoms with Crippen molar-refractivity contribution in [3.05, 3.63) is 35.8 Å². The second kappa shape index (κ2) is 3.86. The summed E-state index contributed by atoms with van der Waals surface area (Å²) in [6.07, 6.45) is 4.41. The molecule has 15 heavy (non-hydrogen) atoms. The van der Waals surface area contributed by atoms with E-state index in [1.807, 2.05) is 29.9 Å². The van der Waals surface area contributed by atoms with E-state index in [0.29, 0.717) is 11.0 Å². The summed E-state index contributed by atoms with van der Waals surface area (Å²) in [6, 6.07) is 4.04. The van der Waals surface area contributed by atoms with Crippen molar-refractivity contribution in [3.8, 4) is 0 Å². The molecule has 2 aromatic rings. The molecule has 2 heterocycles. The van der Waals surface area contributed by atoms with Crippen LogP contribution in [0, 0.1) is 0 Å². The first-order valence-corrected chi connectivity index (χ1v) is 4.96. The number of nitrogens with zero attached hydrogens (tertiary/aromatic N) is 3. The highest BCUT2D eigenvalue weighted by molar-refractivity contribution is 7.80. The normalized spacial score (nSPS) is 10.5. The van der Waals surface area contributed by atoms with E-state index >= 15 is 0 Å². The quantitative estimate of drug-likeness (QED) is 0.779. The second-order valence-corrected chi connectivity index (χ2v) is 3.72. The molecule has 0 fully saturated rings. The molecule has 2 N–H and O–H groups in total. The Labute approximate surface area is 93.6 Å². The highest BCUT2D eigenvalue weighted by Crippen LogP contribution is 2.14. The first kappa shape index (κ1) is 9.92. The number of rotatable bonds is 2. The SMILES string of the molecule is Cn1cccc1Cc1cnc([S])nc1N. The Morgan fingerprint density at radius 3 is 2.93 bits per heavy atom. The fraction of sp³-hybridized carbons (Fsp3) is 0.200. The lowest BCUT2D eigenvalue weighted by Gasteiger charge is -2.05. The Morgan fingerprint density at radius 1 is 1.53 bits per heavy atom. The molecule has 0 saturated heterocycles. The smallest absolute Gasteiger partial charge is 0.221 e. The van der Waals surface area contributed by atoms with Crippen LogP contribution < -0.4 is 5.73 Å². The molecule has 0 aliphatic carbocycles. The number of hydrogen-bond acceptors (Lipinski definition) is 3. The van der Waals surface area contributed by atoms with Gasteiger partial charge in [0.25, 0.3) is 0 Å². The van der Waals surface area contributed by atoms with Crippen molar-refractivity contribution in [2.24, 2.45) is 7.05 Å². The van der Waals surface area contributed by atoms with Gasteiger partial charge in [0.05, 0.1) is 0 Å². The van der Waals surface area contributed by atoms with Crippen molar-refractivity contribution < 1.29 is 0 Å². The summed E-state index contributed by atoms with van der Waals surface area (Å²) in [5.74, 6) is 0.469. The minimum absolute atomic E-state index is 0.295. The van der Waals surface area contributed by atoms with E-state index < -0.39 is 0 Å². The molecule has 0 aliphatic heterocycles. The van der Waals surface area contributed by atoms with Crippen molar-refractivity contribution in [1.29, 1.82) is 0 Å². The number of hydrogen-bond donors (Lipinski definition) is 1. The third-order valence-corrected chi connectivity index (χ3v) is 2.50. The zero-order chi connectivity index (χ0) is 10.8. The summed E-state index contributed by atoms with van der Waals surface area (Å²) in [5, 5.41) is 0.295. The fourth-order valence-electron chi connectivity index (χ4n) is 1.41. The van der Waals surface area contributed by atoms with Gasteiger partial charge in [-0.1, -0.05) is 0 Å². The predicted octanol–water partition coefficient (Wildman–Crippen LogP) is 1.54. The van der Waals surface area contributed by atoms with Gasteiger partial charge in [0.15, 0.2) is 0 Å². The molecule has 2 rings (SSSR count). The van der Waals surface area contributed by atoms with Gasteiger partial charge in [-0.2, -0.15) is 0 Å². The number of anilines is 1. The minimum Gasteiger partial charge on any atom is -0.383 e. The zero-order valence-corrected chi connectivity index (χ0v) is 9.16. The summed E-state index contributed by atoms with van der Waals surface area (Å²) in [6.45, 7) is 0. The van der Waals surface area contributed by atoms with Crippen LogP contribution in [0.25, 0.3) is 0 Å². The summed E-state index contributed by atoms with van der Waals surface area (Å²) in [5.41, 5.74) is 7.84. The van der Waals surface area contributed by atoms with E-state index in [1.165, 1.54) is 5.69 Å². The van der Waals surface area contributed by atoms with Crippen LogP contribution in [-0.4, -0.2) is 14.5 Å². The Bertz CT molecular complexity index is 478. The highest BCUT2D eigenvalue weighted by Gasteiger charge is 2.05. The molecule has 0 spiro atoms. The molecule has 0 bridgehead atoms. The van der Waals surface area contributed by atoms with Gasteiger partial charge in [0.1, 0.15) is 5.82 Å². The summed E-state index contributed by atoms with van der Waals surface area (Å²) in [4.78, 5) is 7.92. The standard InChI is InChI=1S/C10H11N4S/c1-14-4-2-3-8(14)5-7-6-12-10(15)13-9(7)11/h2-4,6H,5H2,1H3,(H2,11,12,13). The van der Waals surface area contributed by atoms with Crippen LogP contribution in [0.1, 0.15) is 11.3 Å². The fourth-order valence-corrected chi connectivity index (χ4v) is 1.57. The first-order valence-electron chi connectivity index (χ1n) is 4.55. The number of aromatic nitrogens is 3. The third-order valence-electron chi connectivity index (χ3n) is 2.30. The predicted molar refractivity (Wildman–Crippen MR) is 60.5 cm³/mol. The van der Waals surface area contributed by atoms with Crippen molar-refractivity contribution in [2.75, 3.05) is 5.73 Å². The lowest BCUT2D eigenvalue weighted by molar-refractivity contribution is 0.841. The van der Waals surface area contributed by atoms with Crippen molar-refractivity contribution in [2.45, 2.75) is 11.6 Å². The molecule has 0 aromatic carbocycles. The van der Waals surface area contributed by atoms with Crippen LogP contribution in [0.3, 0.4) is 0 Å². The minimum atomic E-state index is 0.295. The van der Waals surface area contributed by atoms with E-state index in [2.05, 4.69) is 9.97 Å². The Kier molecular flexibility index (Phi) is 2.55. The molecule has 2 aromatic heterocycles. The average molecular weight is 219 g/mol. The Hall–Kier alpha value is -1.62. The molecule has 0 atom stereocenters.